The van der Waals surface area contributed by atoms with Crippen molar-refractivity contribution in [3.8, 4) is 6.07 Å². The van der Waals surface area contributed by atoms with Crippen LogP contribution in [0.3, 0.4) is 0 Å². The fraction of sp³-hybridized carbons (Fsp3) is 0.278. The average molecular weight is 400 g/mol. The molecule has 1 fully saturated rings. The monoisotopic (exact) mass is 400 g/mol. The molecule has 0 unspecified atom stereocenters. The van der Waals surface area contributed by atoms with Gasteiger partial charge in [-0.3, -0.25) is 14.9 Å². The zero-order valence-corrected chi connectivity index (χ0v) is 15.6. The molecule has 28 heavy (non-hydrogen) atoms. The lowest BCUT2D eigenvalue weighted by molar-refractivity contribution is -0.384. The number of nitrogens with one attached hydrogen (secondary N) is 2. The fourth-order valence-corrected chi connectivity index (χ4v) is 3.11. The van der Waals surface area contributed by atoms with Gasteiger partial charge in [-0.2, -0.15) is 5.26 Å². The van der Waals surface area contributed by atoms with Crippen LogP contribution in [0.5, 0.6) is 0 Å². The van der Waals surface area contributed by atoms with Crippen molar-refractivity contribution in [2.24, 2.45) is 0 Å². The van der Waals surface area contributed by atoms with Crippen LogP contribution >= 0.6 is 11.3 Å². The quantitative estimate of drug-likeness (QED) is 0.414. The number of hydrogen-bond acceptors (Lipinski definition) is 8. The molecule has 2 N–H and O–H groups in total. The molecular formula is C18H16N4O5S. The molecule has 1 amide bonds. The number of carbonyl (C=O) groups is 2. The maximum Gasteiger partial charge on any atom is 0.339 e. The Balaban J connectivity index is 1.67. The van der Waals surface area contributed by atoms with Gasteiger partial charge in [-0.05, 0) is 43.3 Å². The Labute approximate surface area is 164 Å². The van der Waals surface area contributed by atoms with E-state index in [1.165, 1.54) is 30.4 Å². The van der Waals surface area contributed by atoms with Gasteiger partial charge in [0.05, 0.1) is 16.1 Å². The lowest BCUT2D eigenvalue weighted by atomic mass is 10.1. The first-order chi connectivity index (χ1) is 13.4. The summed E-state index contributed by atoms with van der Waals surface area (Å²) in [6.45, 7) is 1.38. The van der Waals surface area contributed by atoms with Gasteiger partial charge in [0, 0.05) is 12.1 Å². The van der Waals surface area contributed by atoms with E-state index in [-0.39, 0.29) is 17.3 Å². The average Bonchev–Trinajstić information content (AvgIpc) is 3.37. The number of amides is 1. The highest BCUT2D eigenvalue weighted by Crippen LogP contribution is 2.31. The molecule has 0 aliphatic heterocycles. The number of rotatable bonds is 7. The van der Waals surface area contributed by atoms with E-state index >= 15 is 0 Å². The summed E-state index contributed by atoms with van der Waals surface area (Å²) < 4.78 is 5.12. The van der Waals surface area contributed by atoms with E-state index in [0.29, 0.717) is 16.3 Å². The SMILES string of the molecule is C[C@@H](OC(=O)c1ccc(NC2CC2)c([N+](=O)[O-])c1)C(=O)Nc1sccc1C#N. The van der Waals surface area contributed by atoms with Crippen molar-refractivity contribution in [1.29, 1.82) is 5.26 Å². The van der Waals surface area contributed by atoms with Crippen LogP contribution in [0.1, 0.15) is 35.7 Å². The maximum absolute atomic E-state index is 12.3. The molecule has 1 heterocycles. The standard InChI is InChI=1S/C18H16N4O5S/c1-10(16(23)21-17-12(9-19)6-7-28-17)27-18(24)11-2-5-14(20-13-3-4-13)15(8-11)22(25)26/h2,5-8,10,13,20H,3-4H2,1H3,(H,21,23)/t10-/m1/s1. The summed E-state index contributed by atoms with van der Waals surface area (Å²) in [5.74, 6) is -1.45. The summed E-state index contributed by atoms with van der Waals surface area (Å²) in [5, 5.41) is 27.8. The molecule has 1 aromatic carbocycles. The third-order valence-corrected chi connectivity index (χ3v) is 4.87. The van der Waals surface area contributed by atoms with E-state index in [4.69, 9.17) is 10.00 Å². The Bertz CT molecular complexity index is 977. The van der Waals surface area contributed by atoms with Crippen molar-refractivity contribution < 1.29 is 19.2 Å². The predicted octanol–water partition coefficient (Wildman–Crippen LogP) is 3.29. The lowest BCUT2D eigenvalue weighted by Crippen LogP contribution is -2.30. The van der Waals surface area contributed by atoms with Crippen LogP contribution < -0.4 is 10.6 Å². The van der Waals surface area contributed by atoms with E-state index in [2.05, 4.69) is 10.6 Å². The van der Waals surface area contributed by atoms with Crippen molar-refractivity contribution in [2.75, 3.05) is 10.6 Å². The molecule has 0 radical (unpaired) electrons. The second-order valence-corrected chi connectivity index (χ2v) is 7.14. The Kier molecular flexibility index (Phi) is 5.56. The van der Waals surface area contributed by atoms with Crippen molar-refractivity contribution in [3.63, 3.8) is 0 Å². The van der Waals surface area contributed by atoms with Gasteiger partial charge < -0.3 is 15.4 Å². The molecule has 1 aliphatic carbocycles. The molecule has 3 rings (SSSR count). The molecule has 0 saturated heterocycles. The molecule has 2 aromatic rings. The summed E-state index contributed by atoms with van der Waals surface area (Å²) in [4.78, 5) is 35.2. The summed E-state index contributed by atoms with van der Waals surface area (Å²) >= 11 is 1.17. The van der Waals surface area contributed by atoms with Crippen LogP contribution in [0, 0.1) is 21.4 Å². The van der Waals surface area contributed by atoms with Crippen molar-refractivity contribution in [3.05, 3.63) is 50.9 Å². The number of benzene rings is 1. The van der Waals surface area contributed by atoms with Crippen LogP contribution in [0.15, 0.2) is 29.6 Å². The number of nitro benzene ring substituents is 1. The van der Waals surface area contributed by atoms with Gasteiger partial charge in [0.2, 0.25) is 0 Å². The van der Waals surface area contributed by atoms with Gasteiger partial charge in [0.15, 0.2) is 6.10 Å². The Morgan fingerprint density at radius 1 is 1.39 bits per heavy atom. The third kappa shape index (κ3) is 4.44. The number of nitrogens with zero attached hydrogens (tertiary/aromatic N) is 2. The fourth-order valence-electron chi connectivity index (χ4n) is 2.37. The lowest BCUT2D eigenvalue weighted by Gasteiger charge is -2.13. The second kappa shape index (κ2) is 8.06. The number of nitriles is 1. The highest BCUT2D eigenvalue weighted by Gasteiger charge is 2.27. The molecule has 1 aromatic heterocycles. The zero-order chi connectivity index (χ0) is 20.3. The number of ether oxygens (including phenoxy) is 1. The molecule has 0 spiro atoms. The normalized spacial score (nSPS) is 13.9. The number of anilines is 2. The maximum atomic E-state index is 12.3. The number of thiophene rings is 1. The first kappa shape index (κ1) is 19.3. The third-order valence-electron chi connectivity index (χ3n) is 4.04. The Morgan fingerprint density at radius 2 is 2.14 bits per heavy atom. The van der Waals surface area contributed by atoms with Crippen molar-refractivity contribution in [2.45, 2.75) is 31.9 Å². The van der Waals surface area contributed by atoms with Gasteiger partial charge in [0.25, 0.3) is 11.6 Å². The smallest absolute Gasteiger partial charge is 0.339 e. The Morgan fingerprint density at radius 3 is 2.79 bits per heavy atom. The van der Waals surface area contributed by atoms with E-state index in [1.807, 2.05) is 6.07 Å². The van der Waals surface area contributed by atoms with Crippen LogP contribution in [0.25, 0.3) is 0 Å². The van der Waals surface area contributed by atoms with E-state index in [1.54, 1.807) is 11.4 Å². The van der Waals surface area contributed by atoms with Gasteiger partial charge in [-0.1, -0.05) is 0 Å². The van der Waals surface area contributed by atoms with E-state index < -0.39 is 22.9 Å². The molecule has 9 nitrogen and oxygen atoms in total. The molecule has 1 atom stereocenters. The minimum atomic E-state index is -1.15. The molecule has 1 aliphatic rings. The first-order valence-corrected chi connectivity index (χ1v) is 9.31. The Hall–Kier alpha value is -3.45. The van der Waals surface area contributed by atoms with E-state index in [0.717, 1.165) is 18.9 Å². The van der Waals surface area contributed by atoms with Gasteiger partial charge in [-0.25, -0.2) is 4.79 Å². The summed E-state index contributed by atoms with van der Waals surface area (Å²) in [7, 11) is 0. The zero-order valence-electron chi connectivity index (χ0n) is 14.8. The highest BCUT2D eigenvalue weighted by atomic mass is 32.1. The van der Waals surface area contributed by atoms with Gasteiger partial charge >= 0.3 is 5.97 Å². The minimum Gasteiger partial charge on any atom is -0.449 e. The summed E-state index contributed by atoms with van der Waals surface area (Å²) in [6.07, 6.45) is 0.751. The van der Waals surface area contributed by atoms with E-state index in [9.17, 15) is 19.7 Å². The molecule has 1 saturated carbocycles. The van der Waals surface area contributed by atoms with Crippen LogP contribution in [0.4, 0.5) is 16.4 Å². The van der Waals surface area contributed by atoms with Crippen molar-refractivity contribution >= 4 is 39.6 Å². The number of esters is 1. The van der Waals surface area contributed by atoms with Crippen molar-refractivity contribution in [1.82, 2.24) is 0 Å². The molecular weight excluding hydrogens is 384 g/mol. The number of carbonyl (C=O) groups excluding carboxylic acids is 2. The molecule has 0 bridgehead atoms. The highest BCUT2D eigenvalue weighted by molar-refractivity contribution is 7.14. The van der Waals surface area contributed by atoms with Crippen LogP contribution in [0.2, 0.25) is 0 Å². The number of hydrogen-bond donors (Lipinski definition) is 2. The van der Waals surface area contributed by atoms with Crippen LogP contribution in [-0.2, 0) is 9.53 Å². The first-order valence-electron chi connectivity index (χ1n) is 8.43. The topological polar surface area (TPSA) is 134 Å². The van der Waals surface area contributed by atoms with Gasteiger partial charge in [-0.15, -0.1) is 11.3 Å². The van der Waals surface area contributed by atoms with Gasteiger partial charge in [0.1, 0.15) is 16.8 Å². The summed E-state index contributed by atoms with van der Waals surface area (Å²) in [6, 6.07) is 7.73. The molecule has 144 valence electrons. The number of nitro groups is 1. The summed E-state index contributed by atoms with van der Waals surface area (Å²) in [5.41, 5.74) is 0.403. The minimum absolute atomic E-state index is 0.0264. The van der Waals surface area contributed by atoms with Crippen LogP contribution in [-0.4, -0.2) is 28.9 Å². The second-order valence-electron chi connectivity index (χ2n) is 6.22. The predicted molar refractivity (Wildman–Crippen MR) is 102 cm³/mol. The molecule has 10 heteroatoms. The largest absolute Gasteiger partial charge is 0.449 e.